The first-order valence-electron chi connectivity index (χ1n) is 6.93. The first-order chi connectivity index (χ1) is 10.0. The van der Waals surface area contributed by atoms with Crippen molar-refractivity contribution in [2.24, 2.45) is 5.73 Å². The molecular formula is C17H21FN2O. The van der Waals surface area contributed by atoms with Gasteiger partial charge in [-0.1, -0.05) is 6.07 Å². The minimum absolute atomic E-state index is 0.0927. The van der Waals surface area contributed by atoms with E-state index in [0.29, 0.717) is 12.0 Å². The second-order valence-electron chi connectivity index (χ2n) is 5.18. The number of ether oxygens (including phenoxy) is 1. The maximum atomic E-state index is 14.1. The fourth-order valence-corrected chi connectivity index (χ4v) is 2.33. The van der Waals surface area contributed by atoms with Crippen molar-refractivity contribution in [3.8, 4) is 5.75 Å². The Kier molecular flexibility index (Phi) is 4.81. The molecule has 0 spiro atoms. The number of nitrogens with two attached hydrogens (primary N) is 1. The standard InChI is InChI=1S/C17H21FN2O/c1-12(19)11-15-16(18)5-4-6-17(15)20(2)13-7-9-14(21-3)10-8-13/h4-10,12H,11,19H2,1-3H3. The van der Waals surface area contributed by atoms with Crippen LogP contribution in [0.5, 0.6) is 5.75 Å². The first-order valence-corrected chi connectivity index (χ1v) is 6.93. The molecule has 2 aromatic rings. The third-order valence-electron chi connectivity index (χ3n) is 3.44. The highest BCUT2D eigenvalue weighted by Crippen LogP contribution is 2.30. The monoisotopic (exact) mass is 288 g/mol. The van der Waals surface area contributed by atoms with Gasteiger partial charge in [-0.3, -0.25) is 0 Å². The van der Waals surface area contributed by atoms with E-state index in [1.807, 2.05) is 49.2 Å². The lowest BCUT2D eigenvalue weighted by Crippen LogP contribution is -2.21. The van der Waals surface area contributed by atoms with Crippen LogP contribution in [-0.2, 0) is 6.42 Å². The van der Waals surface area contributed by atoms with Crippen molar-refractivity contribution in [1.82, 2.24) is 0 Å². The largest absolute Gasteiger partial charge is 0.497 e. The highest BCUT2D eigenvalue weighted by atomic mass is 19.1. The van der Waals surface area contributed by atoms with E-state index in [4.69, 9.17) is 10.5 Å². The average molecular weight is 288 g/mol. The van der Waals surface area contributed by atoms with Crippen LogP contribution < -0.4 is 15.4 Å². The molecule has 0 amide bonds. The molecule has 0 aliphatic rings. The average Bonchev–Trinajstić information content (AvgIpc) is 2.48. The van der Waals surface area contributed by atoms with Gasteiger partial charge in [0, 0.05) is 30.0 Å². The summed E-state index contributed by atoms with van der Waals surface area (Å²) in [4.78, 5) is 1.96. The topological polar surface area (TPSA) is 38.5 Å². The molecule has 0 heterocycles. The number of nitrogens with zero attached hydrogens (tertiary/aromatic N) is 1. The second-order valence-corrected chi connectivity index (χ2v) is 5.18. The summed E-state index contributed by atoms with van der Waals surface area (Å²) in [7, 11) is 3.55. The molecule has 0 fully saturated rings. The Bertz CT molecular complexity index is 596. The summed E-state index contributed by atoms with van der Waals surface area (Å²) in [6, 6.07) is 12.7. The third kappa shape index (κ3) is 3.52. The van der Waals surface area contributed by atoms with E-state index in [2.05, 4.69) is 0 Å². The maximum Gasteiger partial charge on any atom is 0.128 e. The van der Waals surface area contributed by atoms with E-state index < -0.39 is 0 Å². The Hall–Kier alpha value is -2.07. The lowest BCUT2D eigenvalue weighted by molar-refractivity contribution is 0.415. The molecule has 2 rings (SSSR count). The normalized spacial score (nSPS) is 12.0. The fourth-order valence-electron chi connectivity index (χ4n) is 2.33. The summed E-state index contributed by atoms with van der Waals surface area (Å²) in [5.41, 5.74) is 8.28. The minimum Gasteiger partial charge on any atom is -0.497 e. The van der Waals surface area contributed by atoms with Crippen molar-refractivity contribution in [2.45, 2.75) is 19.4 Å². The smallest absolute Gasteiger partial charge is 0.128 e. The van der Waals surface area contributed by atoms with Crippen LogP contribution in [-0.4, -0.2) is 20.2 Å². The van der Waals surface area contributed by atoms with Gasteiger partial charge in [-0.05, 0) is 49.7 Å². The zero-order chi connectivity index (χ0) is 15.4. The van der Waals surface area contributed by atoms with Crippen molar-refractivity contribution in [2.75, 3.05) is 19.1 Å². The van der Waals surface area contributed by atoms with Crippen LogP contribution in [0.25, 0.3) is 0 Å². The Labute approximate surface area is 125 Å². The SMILES string of the molecule is COc1ccc(N(C)c2cccc(F)c2CC(C)N)cc1. The number of benzene rings is 2. The van der Waals surface area contributed by atoms with Gasteiger partial charge in [0.1, 0.15) is 11.6 Å². The van der Waals surface area contributed by atoms with E-state index in [1.54, 1.807) is 13.2 Å². The molecule has 0 saturated carbocycles. The highest BCUT2D eigenvalue weighted by molar-refractivity contribution is 5.66. The lowest BCUT2D eigenvalue weighted by Gasteiger charge is -2.24. The minimum atomic E-state index is -0.217. The van der Waals surface area contributed by atoms with Crippen molar-refractivity contribution >= 4 is 11.4 Å². The van der Waals surface area contributed by atoms with E-state index >= 15 is 0 Å². The van der Waals surface area contributed by atoms with Crippen LogP contribution in [0, 0.1) is 5.82 Å². The molecule has 2 N–H and O–H groups in total. The number of halogens is 1. The zero-order valence-electron chi connectivity index (χ0n) is 12.6. The molecule has 21 heavy (non-hydrogen) atoms. The summed E-state index contributed by atoms with van der Waals surface area (Å²) in [6.45, 7) is 1.88. The van der Waals surface area contributed by atoms with Gasteiger partial charge < -0.3 is 15.4 Å². The molecule has 0 radical (unpaired) electrons. The van der Waals surface area contributed by atoms with Crippen LogP contribution >= 0.6 is 0 Å². The van der Waals surface area contributed by atoms with Crippen LogP contribution in [0.2, 0.25) is 0 Å². The van der Waals surface area contributed by atoms with Gasteiger partial charge in [-0.2, -0.15) is 0 Å². The number of rotatable bonds is 5. The third-order valence-corrected chi connectivity index (χ3v) is 3.44. The number of hydrogen-bond donors (Lipinski definition) is 1. The molecule has 0 aliphatic carbocycles. The van der Waals surface area contributed by atoms with Gasteiger partial charge in [0.2, 0.25) is 0 Å². The molecule has 1 unspecified atom stereocenters. The quantitative estimate of drug-likeness (QED) is 0.915. The predicted molar refractivity (Wildman–Crippen MR) is 84.8 cm³/mol. The maximum absolute atomic E-state index is 14.1. The molecule has 4 heteroatoms. The predicted octanol–water partition coefficient (Wildman–Crippen LogP) is 3.49. The molecule has 0 aliphatic heterocycles. The highest BCUT2D eigenvalue weighted by Gasteiger charge is 2.14. The van der Waals surface area contributed by atoms with E-state index in [9.17, 15) is 4.39 Å². The zero-order valence-corrected chi connectivity index (χ0v) is 12.6. The van der Waals surface area contributed by atoms with Crippen molar-refractivity contribution in [1.29, 1.82) is 0 Å². The van der Waals surface area contributed by atoms with Gasteiger partial charge in [0.25, 0.3) is 0 Å². The van der Waals surface area contributed by atoms with Gasteiger partial charge in [0.15, 0.2) is 0 Å². The molecule has 0 aromatic heterocycles. The molecular weight excluding hydrogens is 267 g/mol. The van der Waals surface area contributed by atoms with E-state index in [1.165, 1.54) is 6.07 Å². The molecule has 1 atom stereocenters. The van der Waals surface area contributed by atoms with Crippen LogP contribution in [0.4, 0.5) is 15.8 Å². The summed E-state index contributed by atoms with van der Waals surface area (Å²) >= 11 is 0. The van der Waals surface area contributed by atoms with Crippen LogP contribution in [0.3, 0.4) is 0 Å². The van der Waals surface area contributed by atoms with E-state index in [-0.39, 0.29) is 11.9 Å². The Morgan fingerprint density at radius 1 is 1.19 bits per heavy atom. The molecule has 112 valence electrons. The summed E-state index contributed by atoms with van der Waals surface area (Å²) in [5, 5.41) is 0. The van der Waals surface area contributed by atoms with Crippen LogP contribution in [0.15, 0.2) is 42.5 Å². The molecule has 0 saturated heterocycles. The van der Waals surface area contributed by atoms with Gasteiger partial charge in [-0.25, -0.2) is 4.39 Å². The number of methoxy groups -OCH3 is 1. The summed E-state index contributed by atoms with van der Waals surface area (Å²) in [5.74, 6) is 0.576. The summed E-state index contributed by atoms with van der Waals surface area (Å²) < 4.78 is 19.3. The van der Waals surface area contributed by atoms with Crippen molar-refractivity contribution < 1.29 is 9.13 Å². The van der Waals surface area contributed by atoms with Gasteiger partial charge >= 0.3 is 0 Å². The van der Waals surface area contributed by atoms with Crippen molar-refractivity contribution in [3.63, 3.8) is 0 Å². The first kappa shape index (κ1) is 15.3. The molecule has 2 aromatic carbocycles. The summed E-state index contributed by atoms with van der Waals surface area (Å²) in [6.07, 6.45) is 0.502. The van der Waals surface area contributed by atoms with Gasteiger partial charge in [0.05, 0.1) is 7.11 Å². The number of hydrogen-bond acceptors (Lipinski definition) is 3. The van der Waals surface area contributed by atoms with Crippen molar-refractivity contribution in [3.05, 3.63) is 53.8 Å². The Balaban J connectivity index is 2.37. The van der Waals surface area contributed by atoms with Crippen LogP contribution in [0.1, 0.15) is 12.5 Å². The Morgan fingerprint density at radius 3 is 2.43 bits per heavy atom. The molecule has 0 bridgehead atoms. The van der Waals surface area contributed by atoms with E-state index in [0.717, 1.165) is 17.1 Å². The second kappa shape index (κ2) is 6.59. The lowest BCUT2D eigenvalue weighted by atomic mass is 10.0. The van der Waals surface area contributed by atoms with Gasteiger partial charge in [-0.15, -0.1) is 0 Å². The molecule has 3 nitrogen and oxygen atoms in total. The Morgan fingerprint density at radius 2 is 1.86 bits per heavy atom. The number of anilines is 2. The fraction of sp³-hybridized carbons (Fsp3) is 0.294.